The topological polar surface area (TPSA) is 87.5 Å². The standard InChI is InChI=1S/C31H44N2O4S/c1-30(2)24-18-19-31(30,28(20-24)37-29(34)27(21-32)23-12-6-3-7-13-23)22-38(35,36)33(25-14-8-4-9-15-25)26-16-10-5-11-17-26/h3,6-7,12-13,24-28H,4-5,8-11,14-20,22H2,1-2H3/t24-,27+,28-,31-/m1/s1. The number of fused-ring (bicyclic) bond motifs is 2. The largest absolute Gasteiger partial charge is 0.460 e. The molecule has 4 aliphatic rings. The Kier molecular flexibility index (Phi) is 7.95. The molecule has 0 heterocycles. The molecular weight excluding hydrogens is 496 g/mol. The van der Waals surface area contributed by atoms with Crippen molar-refractivity contribution in [2.75, 3.05) is 5.75 Å². The van der Waals surface area contributed by atoms with E-state index in [-0.39, 0.29) is 23.3 Å². The summed E-state index contributed by atoms with van der Waals surface area (Å²) in [6.45, 7) is 4.36. The van der Waals surface area contributed by atoms with E-state index in [0.717, 1.165) is 64.2 Å². The zero-order chi connectivity index (χ0) is 27.0. The van der Waals surface area contributed by atoms with Gasteiger partial charge in [-0.3, -0.25) is 4.79 Å². The summed E-state index contributed by atoms with van der Waals surface area (Å²) in [6, 6.07) is 11.3. The Morgan fingerprint density at radius 3 is 2.11 bits per heavy atom. The fraction of sp³-hybridized carbons (Fsp3) is 0.742. The van der Waals surface area contributed by atoms with Crippen molar-refractivity contribution in [1.82, 2.24) is 4.31 Å². The first-order valence-corrected chi connectivity index (χ1v) is 16.5. The number of hydrogen-bond donors (Lipinski definition) is 0. The molecule has 0 aliphatic heterocycles. The Hall–Kier alpha value is -1.91. The third-order valence-electron chi connectivity index (χ3n) is 10.7. The molecule has 0 unspecified atom stereocenters. The number of carbonyl (C=O) groups excluding carboxylic acids is 1. The molecule has 4 aliphatic carbocycles. The number of rotatable bonds is 8. The van der Waals surface area contributed by atoms with Crippen molar-refractivity contribution in [2.45, 2.75) is 121 Å². The van der Waals surface area contributed by atoms with E-state index in [1.54, 1.807) is 12.1 Å². The van der Waals surface area contributed by atoms with Gasteiger partial charge in [-0.05, 0) is 61.8 Å². The summed E-state index contributed by atoms with van der Waals surface area (Å²) in [4.78, 5) is 13.3. The smallest absolute Gasteiger partial charge is 0.328 e. The predicted molar refractivity (Wildman–Crippen MR) is 148 cm³/mol. The molecule has 38 heavy (non-hydrogen) atoms. The van der Waals surface area contributed by atoms with Gasteiger partial charge in [-0.1, -0.05) is 82.7 Å². The Labute approximate surface area is 229 Å². The molecule has 0 radical (unpaired) electrons. The van der Waals surface area contributed by atoms with Crippen LogP contribution in [0.15, 0.2) is 30.3 Å². The average Bonchev–Trinajstić information content (AvgIpc) is 3.26. The second-order valence-electron chi connectivity index (χ2n) is 12.9. The van der Waals surface area contributed by atoms with Gasteiger partial charge in [0.2, 0.25) is 10.0 Å². The highest BCUT2D eigenvalue weighted by Crippen LogP contribution is 2.67. The van der Waals surface area contributed by atoms with Gasteiger partial charge in [-0.15, -0.1) is 0 Å². The molecule has 4 saturated carbocycles. The minimum Gasteiger partial charge on any atom is -0.460 e. The van der Waals surface area contributed by atoms with Crippen molar-refractivity contribution in [3.05, 3.63) is 35.9 Å². The molecule has 1 aromatic carbocycles. The SMILES string of the molecule is CC1(C)[C@@H]2CC[C@@]1(CS(=O)(=O)N(C1CCCCC1)C1CCCCC1)[C@H](OC(=O)[C@@H](C#N)c1ccccc1)C2. The molecule has 0 spiro atoms. The Balaban J connectivity index is 1.43. The average molecular weight is 541 g/mol. The van der Waals surface area contributed by atoms with Crippen molar-refractivity contribution in [1.29, 1.82) is 5.26 Å². The molecule has 4 fully saturated rings. The molecule has 5 rings (SSSR count). The molecular formula is C31H44N2O4S. The van der Waals surface area contributed by atoms with Crippen LogP contribution in [0.4, 0.5) is 0 Å². The number of sulfonamides is 1. The summed E-state index contributed by atoms with van der Waals surface area (Å²) in [5.74, 6) is -1.21. The summed E-state index contributed by atoms with van der Waals surface area (Å²) in [5, 5.41) is 9.82. The van der Waals surface area contributed by atoms with Gasteiger partial charge in [0.1, 0.15) is 6.10 Å². The van der Waals surface area contributed by atoms with Crippen LogP contribution in [0.1, 0.15) is 109 Å². The molecule has 4 atom stereocenters. The zero-order valence-electron chi connectivity index (χ0n) is 23.1. The van der Waals surface area contributed by atoms with Gasteiger partial charge in [0.05, 0.1) is 11.8 Å². The molecule has 0 amide bonds. The minimum absolute atomic E-state index is 0.0387. The van der Waals surface area contributed by atoms with E-state index in [4.69, 9.17) is 4.74 Å². The highest BCUT2D eigenvalue weighted by molar-refractivity contribution is 7.89. The first-order valence-electron chi connectivity index (χ1n) is 14.9. The molecule has 6 nitrogen and oxygen atoms in total. The van der Waals surface area contributed by atoms with Crippen LogP contribution in [-0.4, -0.2) is 42.6 Å². The van der Waals surface area contributed by atoms with Gasteiger partial charge in [0.15, 0.2) is 5.92 Å². The van der Waals surface area contributed by atoms with Crippen LogP contribution < -0.4 is 0 Å². The number of ether oxygens (including phenoxy) is 1. The van der Waals surface area contributed by atoms with E-state index in [1.807, 2.05) is 22.5 Å². The lowest BCUT2D eigenvalue weighted by Gasteiger charge is -2.46. The first-order chi connectivity index (χ1) is 18.2. The lowest BCUT2D eigenvalue weighted by atomic mass is 9.69. The van der Waals surface area contributed by atoms with Crippen LogP contribution in [0.2, 0.25) is 0 Å². The molecule has 0 aromatic heterocycles. The highest BCUT2D eigenvalue weighted by Gasteiger charge is 2.67. The fourth-order valence-electron chi connectivity index (χ4n) is 8.45. The van der Waals surface area contributed by atoms with E-state index >= 15 is 0 Å². The first kappa shape index (κ1) is 27.6. The van der Waals surface area contributed by atoms with E-state index in [9.17, 15) is 18.5 Å². The van der Waals surface area contributed by atoms with Crippen molar-refractivity contribution in [2.24, 2.45) is 16.7 Å². The second-order valence-corrected chi connectivity index (χ2v) is 14.8. The minimum atomic E-state index is -3.59. The number of nitriles is 1. The maximum absolute atomic E-state index is 14.5. The van der Waals surface area contributed by atoms with Crippen molar-refractivity contribution < 1.29 is 17.9 Å². The molecule has 0 saturated heterocycles. The summed E-state index contributed by atoms with van der Waals surface area (Å²) < 4.78 is 37.2. The van der Waals surface area contributed by atoms with Gasteiger partial charge in [-0.25, -0.2) is 8.42 Å². The van der Waals surface area contributed by atoms with E-state index < -0.39 is 33.4 Å². The van der Waals surface area contributed by atoms with Crippen LogP contribution in [0.25, 0.3) is 0 Å². The normalized spacial score (nSPS) is 30.7. The van der Waals surface area contributed by atoms with Crippen LogP contribution in [-0.2, 0) is 19.6 Å². The van der Waals surface area contributed by atoms with Crippen LogP contribution in [0.5, 0.6) is 0 Å². The van der Waals surface area contributed by atoms with E-state index in [1.165, 1.54) is 12.8 Å². The molecule has 0 N–H and O–H groups in total. The van der Waals surface area contributed by atoms with Gasteiger partial charge in [0.25, 0.3) is 0 Å². The fourth-order valence-corrected chi connectivity index (χ4v) is 11.3. The summed E-state index contributed by atoms with van der Waals surface area (Å²) >= 11 is 0. The number of hydrogen-bond acceptors (Lipinski definition) is 5. The lowest BCUT2D eigenvalue weighted by molar-refractivity contribution is -0.157. The Bertz CT molecular complexity index is 1110. The summed E-state index contributed by atoms with van der Waals surface area (Å²) in [6.07, 6.45) is 12.5. The van der Waals surface area contributed by atoms with Gasteiger partial charge < -0.3 is 4.74 Å². The molecule has 208 valence electrons. The second kappa shape index (κ2) is 10.9. The summed E-state index contributed by atoms with van der Waals surface area (Å²) in [5.41, 5.74) is -0.278. The third kappa shape index (κ3) is 4.92. The van der Waals surface area contributed by atoms with Crippen molar-refractivity contribution in [3.63, 3.8) is 0 Å². The zero-order valence-corrected chi connectivity index (χ0v) is 23.9. The van der Waals surface area contributed by atoms with Crippen LogP contribution in [0, 0.1) is 28.1 Å². The number of esters is 1. The van der Waals surface area contributed by atoms with Crippen LogP contribution >= 0.6 is 0 Å². The molecule has 7 heteroatoms. The number of carbonyl (C=O) groups is 1. The monoisotopic (exact) mass is 540 g/mol. The Morgan fingerprint density at radius 1 is 1.00 bits per heavy atom. The summed E-state index contributed by atoms with van der Waals surface area (Å²) in [7, 11) is -3.59. The molecule has 1 aromatic rings. The molecule has 2 bridgehead atoms. The number of nitrogens with zero attached hydrogens (tertiary/aromatic N) is 2. The Morgan fingerprint density at radius 2 is 1.58 bits per heavy atom. The van der Waals surface area contributed by atoms with Crippen LogP contribution in [0.3, 0.4) is 0 Å². The maximum Gasteiger partial charge on any atom is 0.328 e. The van der Waals surface area contributed by atoms with Crippen molar-refractivity contribution in [3.8, 4) is 6.07 Å². The van der Waals surface area contributed by atoms with Crippen molar-refractivity contribution >= 4 is 16.0 Å². The highest BCUT2D eigenvalue weighted by atomic mass is 32.2. The van der Waals surface area contributed by atoms with E-state index in [0.29, 0.717) is 17.9 Å². The third-order valence-corrected chi connectivity index (χ3v) is 12.9. The lowest BCUT2D eigenvalue weighted by Crippen LogP contribution is -2.54. The van der Waals surface area contributed by atoms with E-state index in [2.05, 4.69) is 19.9 Å². The quantitative estimate of drug-likeness (QED) is 0.360. The van der Waals surface area contributed by atoms with Gasteiger partial charge in [-0.2, -0.15) is 9.57 Å². The maximum atomic E-state index is 14.5. The number of benzene rings is 1. The van der Waals surface area contributed by atoms with Gasteiger partial charge >= 0.3 is 5.97 Å². The predicted octanol–water partition coefficient (Wildman–Crippen LogP) is 6.33. The van der Waals surface area contributed by atoms with Gasteiger partial charge in [0, 0.05) is 17.5 Å².